The second kappa shape index (κ2) is 8.32. The van der Waals surface area contributed by atoms with Crippen molar-refractivity contribution in [1.82, 2.24) is 5.32 Å². The molecule has 0 aromatic heterocycles. The van der Waals surface area contributed by atoms with Crippen molar-refractivity contribution < 1.29 is 4.79 Å². The van der Waals surface area contributed by atoms with Crippen LogP contribution < -0.4 is 10.6 Å². The van der Waals surface area contributed by atoms with E-state index >= 15 is 0 Å². The monoisotopic (exact) mass is 306 g/mol. The molecule has 1 aromatic carbocycles. The molecule has 0 saturated heterocycles. The van der Waals surface area contributed by atoms with E-state index in [-0.39, 0.29) is 5.91 Å². The van der Waals surface area contributed by atoms with Crippen LogP contribution in [0.1, 0.15) is 49.9 Å². The van der Waals surface area contributed by atoms with Crippen molar-refractivity contribution in [1.29, 1.82) is 0 Å². The summed E-state index contributed by atoms with van der Waals surface area (Å²) in [6, 6.07) is 8.11. The predicted octanol–water partition coefficient (Wildman–Crippen LogP) is 3.91. The van der Waals surface area contributed by atoms with Crippen molar-refractivity contribution in [3.63, 3.8) is 0 Å². The number of para-hydroxylation sites is 1. The van der Waals surface area contributed by atoms with Crippen molar-refractivity contribution >= 4 is 23.4 Å². The molecule has 2 atom stereocenters. The van der Waals surface area contributed by atoms with Crippen LogP contribution in [0.25, 0.3) is 0 Å². The number of hydrogen-bond donors (Lipinski definition) is 2. The van der Waals surface area contributed by atoms with Gasteiger partial charge in [0.2, 0.25) is 0 Å². The molecule has 116 valence electrons. The van der Waals surface area contributed by atoms with Crippen LogP contribution >= 0.6 is 11.8 Å². The zero-order valence-corrected chi connectivity index (χ0v) is 13.8. The van der Waals surface area contributed by atoms with Crippen LogP contribution in [0.2, 0.25) is 0 Å². The molecule has 1 aliphatic carbocycles. The first-order chi connectivity index (χ1) is 10.3. The minimum absolute atomic E-state index is 0.0582. The van der Waals surface area contributed by atoms with Gasteiger partial charge in [-0.15, -0.1) is 0 Å². The summed E-state index contributed by atoms with van der Waals surface area (Å²) in [6.45, 7) is 5.20. The molecule has 0 aliphatic heterocycles. The van der Waals surface area contributed by atoms with Crippen molar-refractivity contribution in [2.45, 2.75) is 50.8 Å². The van der Waals surface area contributed by atoms with E-state index < -0.39 is 0 Å². The van der Waals surface area contributed by atoms with E-state index in [1.165, 1.54) is 12.8 Å². The van der Waals surface area contributed by atoms with Gasteiger partial charge in [0.1, 0.15) is 0 Å². The fraction of sp³-hybridized carbons (Fsp3) is 0.588. The van der Waals surface area contributed by atoms with Crippen molar-refractivity contribution in [2.24, 2.45) is 0 Å². The summed E-state index contributed by atoms with van der Waals surface area (Å²) in [6.07, 6.45) is 4.60. The lowest BCUT2D eigenvalue weighted by Crippen LogP contribution is -2.39. The lowest BCUT2D eigenvalue weighted by Gasteiger charge is -2.21. The Kier molecular flexibility index (Phi) is 6.43. The van der Waals surface area contributed by atoms with Crippen molar-refractivity contribution in [3.05, 3.63) is 29.8 Å². The zero-order chi connectivity index (χ0) is 15.1. The Bertz CT molecular complexity index is 464. The Labute approximate surface area is 132 Å². The standard InChI is InChI=1S/C17H26N2OS/c1-3-12-18-14-9-6-5-8-13(14)17(20)19-15-10-7-11-16(15)21-4-2/h5-6,8-9,15-16,18H,3-4,7,10-12H2,1-2H3,(H,19,20). The number of carbonyl (C=O) groups excluding carboxylic acids is 1. The molecule has 0 bridgehead atoms. The van der Waals surface area contributed by atoms with Gasteiger partial charge in [-0.1, -0.05) is 32.4 Å². The first-order valence-electron chi connectivity index (χ1n) is 8.01. The van der Waals surface area contributed by atoms with E-state index in [0.717, 1.165) is 36.4 Å². The summed E-state index contributed by atoms with van der Waals surface area (Å²) in [5, 5.41) is 7.16. The average Bonchev–Trinajstić information content (AvgIpc) is 2.93. The van der Waals surface area contributed by atoms with Gasteiger partial charge in [0.15, 0.2) is 0 Å². The molecule has 0 spiro atoms. The van der Waals surface area contributed by atoms with Crippen LogP contribution in [-0.2, 0) is 0 Å². The Morgan fingerprint density at radius 1 is 1.29 bits per heavy atom. The third kappa shape index (κ3) is 4.40. The summed E-state index contributed by atoms with van der Waals surface area (Å²) < 4.78 is 0. The van der Waals surface area contributed by atoms with Gasteiger partial charge in [0, 0.05) is 23.5 Å². The summed E-state index contributed by atoms with van der Waals surface area (Å²) in [7, 11) is 0. The molecule has 21 heavy (non-hydrogen) atoms. The molecule has 2 N–H and O–H groups in total. The Hall–Kier alpha value is -1.16. The zero-order valence-electron chi connectivity index (χ0n) is 13.0. The highest BCUT2D eigenvalue weighted by molar-refractivity contribution is 7.99. The van der Waals surface area contributed by atoms with Crippen molar-refractivity contribution in [3.8, 4) is 0 Å². The normalized spacial score (nSPS) is 21.2. The maximum Gasteiger partial charge on any atom is 0.253 e. The summed E-state index contributed by atoms with van der Waals surface area (Å²) in [5.41, 5.74) is 1.70. The second-order valence-corrected chi connectivity index (χ2v) is 6.99. The van der Waals surface area contributed by atoms with Crippen LogP contribution in [0.5, 0.6) is 0 Å². The number of thioether (sulfide) groups is 1. The predicted molar refractivity (Wildman–Crippen MR) is 92.2 cm³/mol. The summed E-state index contributed by atoms with van der Waals surface area (Å²) >= 11 is 1.97. The number of benzene rings is 1. The Morgan fingerprint density at radius 3 is 2.86 bits per heavy atom. The van der Waals surface area contributed by atoms with Gasteiger partial charge in [-0.25, -0.2) is 0 Å². The second-order valence-electron chi connectivity index (χ2n) is 5.48. The van der Waals surface area contributed by atoms with Crippen molar-refractivity contribution in [2.75, 3.05) is 17.6 Å². The molecule has 2 rings (SSSR count). The van der Waals surface area contributed by atoms with E-state index in [1.807, 2.05) is 36.0 Å². The number of anilines is 1. The molecule has 0 radical (unpaired) electrons. The fourth-order valence-electron chi connectivity index (χ4n) is 2.85. The molecule has 4 heteroatoms. The number of nitrogens with one attached hydrogen (secondary N) is 2. The third-order valence-corrected chi connectivity index (χ3v) is 5.21. The van der Waals surface area contributed by atoms with Gasteiger partial charge < -0.3 is 10.6 Å². The van der Waals surface area contributed by atoms with E-state index in [1.54, 1.807) is 0 Å². The molecule has 1 amide bonds. The Balaban J connectivity index is 2.02. The number of amides is 1. The van der Waals surface area contributed by atoms with E-state index in [2.05, 4.69) is 24.5 Å². The fourth-order valence-corrected chi connectivity index (χ4v) is 4.04. The minimum atomic E-state index is 0.0582. The van der Waals surface area contributed by atoms with Gasteiger partial charge in [-0.2, -0.15) is 11.8 Å². The molecule has 0 heterocycles. The first-order valence-corrected chi connectivity index (χ1v) is 9.06. The molecule has 1 aromatic rings. The topological polar surface area (TPSA) is 41.1 Å². The van der Waals surface area contributed by atoms with Gasteiger partial charge >= 0.3 is 0 Å². The highest BCUT2D eigenvalue weighted by atomic mass is 32.2. The number of rotatable bonds is 7. The number of hydrogen-bond acceptors (Lipinski definition) is 3. The summed E-state index contributed by atoms with van der Waals surface area (Å²) in [4.78, 5) is 12.6. The lowest BCUT2D eigenvalue weighted by atomic mass is 10.1. The van der Waals surface area contributed by atoms with Crippen LogP contribution in [-0.4, -0.2) is 29.5 Å². The van der Waals surface area contributed by atoms with Crippen LogP contribution in [0, 0.1) is 0 Å². The quantitative estimate of drug-likeness (QED) is 0.802. The van der Waals surface area contributed by atoms with E-state index in [9.17, 15) is 4.79 Å². The molecular weight excluding hydrogens is 280 g/mol. The molecule has 3 nitrogen and oxygen atoms in total. The van der Waals surface area contributed by atoms with Crippen LogP contribution in [0.4, 0.5) is 5.69 Å². The highest BCUT2D eigenvalue weighted by Crippen LogP contribution is 2.30. The maximum absolute atomic E-state index is 12.6. The lowest BCUT2D eigenvalue weighted by molar-refractivity contribution is 0.0939. The molecular formula is C17H26N2OS. The molecule has 1 saturated carbocycles. The third-order valence-electron chi connectivity index (χ3n) is 3.89. The van der Waals surface area contributed by atoms with E-state index in [0.29, 0.717) is 11.3 Å². The smallest absolute Gasteiger partial charge is 0.253 e. The van der Waals surface area contributed by atoms with Crippen LogP contribution in [0.3, 0.4) is 0 Å². The van der Waals surface area contributed by atoms with Crippen LogP contribution in [0.15, 0.2) is 24.3 Å². The Morgan fingerprint density at radius 2 is 2.10 bits per heavy atom. The maximum atomic E-state index is 12.6. The number of carbonyl (C=O) groups is 1. The molecule has 1 aliphatic rings. The molecule has 1 fully saturated rings. The first kappa shape index (κ1) is 16.2. The molecule has 2 unspecified atom stereocenters. The minimum Gasteiger partial charge on any atom is -0.384 e. The highest BCUT2D eigenvalue weighted by Gasteiger charge is 2.29. The summed E-state index contributed by atoms with van der Waals surface area (Å²) in [5.74, 6) is 1.17. The van der Waals surface area contributed by atoms with E-state index in [4.69, 9.17) is 0 Å². The largest absolute Gasteiger partial charge is 0.384 e. The average molecular weight is 306 g/mol. The van der Waals surface area contributed by atoms with Gasteiger partial charge in [0.05, 0.1) is 5.56 Å². The van der Waals surface area contributed by atoms with Gasteiger partial charge in [0.25, 0.3) is 5.91 Å². The SMILES string of the molecule is CCCNc1ccccc1C(=O)NC1CCCC1SCC. The van der Waals surface area contributed by atoms with Gasteiger partial charge in [-0.05, 0) is 37.1 Å². The van der Waals surface area contributed by atoms with Gasteiger partial charge in [-0.3, -0.25) is 4.79 Å².